The lowest BCUT2D eigenvalue weighted by molar-refractivity contribution is -0.140. The van der Waals surface area contributed by atoms with Gasteiger partial charge in [-0.2, -0.15) is 0 Å². The van der Waals surface area contributed by atoms with E-state index in [2.05, 4.69) is 10.3 Å². The number of carboxylic acid groups (broad SMARTS) is 1. The van der Waals surface area contributed by atoms with E-state index in [0.29, 0.717) is 6.42 Å². The molecular weight excluding hydrogens is 239 g/mol. The van der Waals surface area contributed by atoms with Gasteiger partial charge in [0.05, 0.1) is 11.8 Å². The Morgan fingerprint density at radius 1 is 1.50 bits per heavy atom. The van der Waals surface area contributed by atoms with E-state index in [4.69, 9.17) is 5.11 Å². The number of nitrogens with one attached hydrogen (secondary N) is 1. The number of rotatable bonds is 5. The predicted octanol–water partition coefficient (Wildman–Crippen LogP) is 1.45. The number of carboxylic acids is 1. The van der Waals surface area contributed by atoms with Crippen LogP contribution in [0, 0.1) is 11.7 Å². The van der Waals surface area contributed by atoms with Gasteiger partial charge >= 0.3 is 5.97 Å². The summed E-state index contributed by atoms with van der Waals surface area (Å²) >= 11 is 0. The minimum absolute atomic E-state index is 0.00422. The Labute approximate surface area is 104 Å². The van der Waals surface area contributed by atoms with Crippen LogP contribution >= 0.6 is 0 Å². The van der Waals surface area contributed by atoms with Crippen molar-refractivity contribution in [3.05, 3.63) is 29.8 Å². The molecule has 0 aliphatic carbocycles. The molecule has 6 heteroatoms. The molecule has 0 aliphatic rings. The molecule has 5 nitrogen and oxygen atoms in total. The van der Waals surface area contributed by atoms with Gasteiger partial charge in [0.1, 0.15) is 11.9 Å². The van der Waals surface area contributed by atoms with Crippen LogP contribution in [0.15, 0.2) is 18.5 Å². The van der Waals surface area contributed by atoms with Crippen LogP contribution in [0.4, 0.5) is 4.39 Å². The van der Waals surface area contributed by atoms with Gasteiger partial charge in [-0.15, -0.1) is 0 Å². The van der Waals surface area contributed by atoms with Crippen LogP contribution in [0.1, 0.15) is 30.6 Å². The zero-order valence-electron chi connectivity index (χ0n) is 10.2. The summed E-state index contributed by atoms with van der Waals surface area (Å²) in [6, 6.07) is 0.0171. The fourth-order valence-electron chi connectivity index (χ4n) is 1.44. The Morgan fingerprint density at radius 3 is 2.67 bits per heavy atom. The number of halogens is 1. The van der Waals surface area contributed by atoms with Gasteiger partial charge < -0.3 is 10.4 Å². The number of hydrogen-bond acceptors (Lipinski definition) is 3. The Bertz CT molecular complexity index is 451. The van der Waals surface area contributed by atoms with Crippen LogP contribution in [0.5, 0.6) is 0 Å². The van der Waals surface area contributed by atoms with E-state index in [1.54, 1.807) is 6.92 Å². The van der Waals surface area contributed by atoms with Gasteiger partial charge in [0, 0.05) is 6.20 Å². The molecule has 1 aromatic heterocycles. The van der Waals surface area contributed by atoms with Crippen molar-refractivity contribution in [2.24, 2.45) is 5.92 Å². The molecule has 0 bridgehead atoms. The molecule has 0 aromatic carbocycles. The topological polar surface area (TPSA) is 79.3 Å². The predicted molar refractivity (Wildman–Crippen MR) is 62.5 cm³/mol. The lowest BCUT2D eigenvalue weighted by atomic mass is 9.99. The SMILES string of the molecule is CC[C@H](C)[C@H](NC(=O)c1cncc(F)c1)C(=O)O. The van der Waals surface area contributed by atoms with Crippen LogP contribution in [-0.2, 0) is 4.79 Å². The van der Waals surface area contributed by atoms with E-state index in [9.17, 15) is 14.0 Å². The average Bonchev–Trinajstić information content (AvgIpc) is 2.34. The second-order valence-electron chi connectivity index (χ2n) is 4.07. The maximum Gasteiger partial charge on any atom is 0.326 e. The third-order valence-corrected chi connectivity index (χ3v) is 2.73. The minimum Gasteiger partial charge on any atom is -0.480 e. The van der Waals surface area contributed by atoms with E-state index in [1.165, 1.54) is 6.20 Å². The van der Waals surface area contributed by atoms with E-state index >= 15 is 0 Å². The molecule has 18 heavy (non-hydrogen) atoms. The molecular formula is C12H15FN2O3. The summed E-state index contributed by atoms with van der Waals surface area (Å²) in [6.45, 7) is 3.55. The quantitative estimate of drug-likeness (QED) is 0.833. The second kappa shape index (κ2) is 6.09. The summed E-state index contributed by atoms with van der Waals surface area (Å²) in [7, 11) is 0. The lowest BCUT2D eigenvalue weighted by Crippen LogP contribution is -2.45. The van der Waals surface area contributed by atoms with E-state index in [-0.39, 0.29) is 11.5 Å². The van der Waals surface area contributed by atoms with Crippen LogP contribution in [0.2, 0.25) is 0 Å². The summed E-state index contributed by atoms with van der Waals surface area (Å²) in [5.41, 5.74) is 0.00422. The summed E-state index contributed by atoms with van der Waals surface area (Å²) in [4.78, 5) is 26.3. The molecule has 0 fully saturated rings. The van der Waals surface area contributed by atoms with Gasteiger partial charge in [0.25, 0.3) is 5.91 Å². The van der Waals surface area contributed by atoms with Gasteiger partial charge in [-0.1, -0.05) is 20.3 Å². The number of carbonyl (C=O) groups is 2. The monoisotopic (exact) mass is 254 g/mol. The molecule has 98 valence electrons. The third-order valence-electron chi connectivity index (χ3n) is 2.73. The number of nitrogens with zero attached hydrogens (tertiary/aromatic N) is 1. The Balaban J connectivity index is 2.82. The number of aliphatic carboxylic acids is 1. The highest BCUT2D eigenvalue weighted by Crippen LogP contribution is 2.09. The summed E-state index contributed by atoms with van der Waals surface area (Å²) in [6.07, 6.45) is 2.77. The number of hydrogen-bond donors (Lipinski definition) is 2. The fraction of sp³-hybridized carbons (Fsp3) is 0.417. The van der Waals surface area contributed by atoms with Crippen molar-refractivity contribution in [3.8, 4) is 0 Å². The zero-order valence-corrected chi connectivity index (χ0v) is 10.2. The molecule has 1 amide bonds. The largest absolute Gasteiger partial charge is 0.480 e. The molecule has 2 N–H and O–H groups in total. The first-order valence-corrected chi connectivity index (χ1v) is 5.60. The number of carbonyl (C=O) groups excluding carboxylic acids is 1. The highest BCUT2D eigenvalue weighted by molar-refractivity contribution is 5.96. The van der Waals surface area contributed by atoms with E-state index < -0.39 is 23.7 Å². The van der Waals surface area contributed by atoms with Crippen molar-refractivity contribution < 1.29 is 19.1 Å². The Morgan fingerprint density at radius 2 is 2.17 bits per heavy atom. The van der Waals surface area contributed by atoms with Gasteiger partial charge in [0.15, 0.2) is 0 Å². The highest BCUT2D eigenvalue weighted by Gasteiger charge is 2.25. The summed E-state index contributed by atoms with van der Waals surface area (Å²) < 4.78 is 12.9. The van der Waals surface area contributed by atoms with Crippen LogP contribution < -0.4 is 5.32 Å². The first-order valence-electron chi connectivity index (χ1n) is 5.60. The normalized spacial score (nSPS) is 13.7. The van der Waals surface area contributed by atoms with Crippen molar-refractivity contribution in [2.75, 3.05) is 0 Å². The maximum absolute atomic E-state index is 12.9. The highest BCUT2D eigenvalue weighted by atomic mass is 19.1. The Hall–Kier alpha value is -1.98. The molecule has 2 atom stereocenters. The van der Waals surface area contributed by atoms with Crippen molar-refractivity contribution in [1.82, 2.24) is 10.3 Å². The maximum atomic E-state index is 12.9. The van der Waals surface area contributed by atoms with Crippen molar-refractivity contribution >= 4 is 11.9 Å². The van der Waals surface area contributed by atoms with Gasteiger partial charge in [-0.05, 0) is 12.0 Å². The number of pyridine rings is 1. The smallest absolute Gasteiger partial charge is 0.326 e. The Kier molecular flexibility index (Phi) is 4.76. The van der Waals surface area contributed by atoms with E-state index in [1.807, 2.05) is 6.92 Å². The molecule has 0 radical (unpaired) electrons. The molecule has 0 aliphatic heterocycles. The van der Waals surface area contributed by atoms with Crippen molar-refractivity contribution in [2.45, 2.75) is 26.3 Å². The standard InChI is InChI=1S/C12H15FN2O3/c1-3-7(2)10(12(17)18)15-11(16)8-4-9(13)6-14-5-8/h4-7,10H,3H2,1-2H3,(H,15,16)(H,17,18)/t7-,10-/m0/s1. The second-order valence-corrected chi connectivity index (χ2v) is 4.07. The van der Waals surface area contributed by atoms with Gasteiger partial charge in [0.2, 0.25) is 0 Å². The lowest BCUT2D eigenvalue weighted by Gasteiger charge is -2.19. The molecule has 1 aromatic rings. The molecule has 0 saturated carbocycles. The number of amides is 1. The van der Waals surface area contributed by atoms with Gasteiger partial charge in [-0.3, -0.25) is 9.78 Å². The summed E-state index contributed by atoms with van der Waals surface area (Å²) in [5.74, 6) is -2.61. The van der Waals surface area contributed by atoms with E-state index in [0.717, 1.165) is 12.3 Å². The van der Waals surface area contributed by atoms with Gasteiger partial charge in [-0.25, -0.2) is 9.18 Å². The van der Waals surface area contributed by atoms with Crippen molar-refractivity contribution in [3.63, 3.8) is 0 Å². The fourth-order valence-corrected chi connectivity index (χ4v) is 1.44. The first-order chi connectivity index (χ1) is 8.45. The zero-order chi connectivity index (χ0) is 13.7. The molecule has 1 rings (SSSR count). The first kappa shape index (κ1) is 14.1. The van der Waals surface area contributed by atoms with Crippen LogP contribution in [-0.4, -0.2) is 28.0 Å². The average molecular weight is 254 g/mol. The molecule has 0 unspecified atom stereocenters. The third kappa shape index (κ3) is 3.51. The molecule has 0 spiro atoms. The molecule has 1 heterocycles. The van der Waals surface area contributed by atoms with Crippen LogP contribution in [0.3, 0.4) is 0 Å². The molecule has 0 saturated heterocycles. The van der Waals surface area contributed by atoms with Crippen LogP contribution in [0.25, 0.3) is 0 Å². The minimum atomic E-state index is -1.11. The number of aromatic nitrogens is 1. The summed E-state index contributed by atoms with van der Waals surface area (Å²) in [5, 5.41) is 11.4. The van der Waals surface area contributed by atoms with Crippen molar-refractivity contribution in [1.29, 1.82) is 0 Å².